The molecule has 7 nitrogen and oxygen atoms in total. The molecule has 0 saturated heterocycles. The molecule has 0 heterocycles. The van der Waals surface area contributed by atoms with Crippen LogP contribution in [0.25, 0.3) is 0 Å². The second-order valence-electron chi connectivity index (χ2n) is 3.29. The minimum Gasteiger partial charge on any atom is -0.394 e. The second kappa shape index (κ2) is 8.43. The Bertz CT molecular complexity index is 227. The Morgan fingerprint density at radius 1 is 1.50 bits per heavy atom. The van der Waals surface area contributed by atoms with Gasteiger partial charge in [0.05, 0.1) is 30.8 Å². The number of hydrogen-bond donors (Lipinski definition) is 5. The first-order valence-corrected chi connectivity index (χ1v) is 4.49. The van der Waals surface area contributed by atoms with E-state index >= 15 is 0 Å². The molecule has 7 N–H and O–H groups in total. The van der Waals surface area contributed by atoms with Crippen molar-refractivity contribution in [2.45, 2.75) is 31.2 Å². The summed E-state index contributed by atoms with van der Waals surface area (Å²) in [4.78, 5) is 21.4. The van der Waals surface area contributed by atoms with Gasteiger partial charge >= 0.3 is 0 Å². The fraction of sp³-hybridized carbons (Fsp3) is 0.750. The van der Waals surface area contributed by atoms with Gasteiger partial charge in [-0.15, -0.1) is 12.4 Å². The number of carbonyl (C=O) groups is 2. The largest absolute Gasteiger partial charge is 0.394 e. The zero-order chi connectivity index (χ0) is 12.0. The number of amides is 1. The summed E-state index contributed by atoms with van der Waals surface area (Å²) < 4.78 is 0. The molecule has 0 bridgehead atoms. The van der Waals surface area contributed by atoms with E-state index in [-0.39, 0.29) is 12.4 Å². The quantitative estimate of drug-likeness (QED) is 0.323. The van der Waals surface area contributed by atoms with Gasteiger partial charge in [0.15, 0.2) is 0 Å². The van der Waals surface area contributed by atoms with E-state index in [0.29, 0.717) is 6.29 Å². The topological polar surface area (TPSA) is 139 Å². The van der Waals surface area contributed by atoms with Crippen LogP contribution in [0.3, 0.4) is 0 Å². The van der Waals surface area contributed by atoms with Crippen LogP contribution in [-0.4, -0.2) is 53.2 Å². The lowest BCUT2D eigenvalue weighted by Gasteiger charge is -2.24. The van der Waals surface area contributed by atoms with Crippen LogP contribution < -0.4 is 16.8 Å². The van der Waals surface area contributed by atoms with Crippen molar-refractivity contribution in [3.63, 3.8) is 0 Å². The average Bonchev–Trinajstić information content (AvgIpc) is 2.23. The van der Waals surface area contributed by atoms with Gasteiger partial charge in [0.2, 0.25) is 5.91 Å². The number of rotatable bonds is 6. The molecule has 8 heteroatoms. The molecule has 4 atom stereocenters. The number of aliphatic hydroxyl groups is 2. The predicted molar refractivity (Wildman–Crippen MR) is 60.0 cm³/mol. The Morgan fingerprint density at radius 3 is 2.31 bits per heavy atom. The smallest absolute Gasteiger partial charge is 0.237 e. The van der Waals surface area contributed by atoms with Crippen molar-refractivity contribution in [2.75, 3.05) is 6.61 Å². The normalized spacial score (nSPS) is 17.6. The molecule has 0 aliphatic rings. The molecule has 96 valence electrons. The minimum absolute atomic E-state index is 0. The molecular weight excluding hydrogens is 238 g/mol. The van der Waals surface area contributed by atoms with Crippen molar-refractivity contribution in [2.24, 2.45) is 11.5 Å². The number of aliphatic hydroxyl groups excluding tert-OH is 2. The molecule has 0 spiro atoms. The van der Waals surface area contributed by atoms with Gasteiger partial charge in [0.1, 0.15) is 6.29 Å². The minimum atomic E-state index is -1.34. The lowest BCUT2D eigenvalue weighted by molar-refractivity contribution is -0.125. The lowest BCUT2D eigenvalue weighted by atomic mass is 10.1. The predicted octanol–water partition coefficient (Wildman–Crippen LogP) is -2.88. The highest BCUT2D eigenvalue weighted by molar-refractivity contribution is 5.85. The molecule has 1 amide bonds. The van der Waals surface area contributed by atoms with Crippen LogP contribution >= 0.6 is 12.4 Å². The molecular formula is C8H18ClN3O4. The van der Waals surface area contributed by atoms with Gasteiger partial charge < -0.3 is 31.8 Å². The van der Waals surface area contributed by atoms with Crippen LogP contribution in [0.5, 0.6) is 0 Å². The van der Waals surface area contributed by atoms with Crippen LogP contribution in [0.4, 0.5) is 0 Å². The Labute approximate surface area is 99.6 Å². The van der Waals surface area contributed by atoms with Crippen molar-refractivity contribution in [1.29, 1.82) is 0 Å². The third kappa shape index (κ3) is 5.38. The molecule has 0 fully saturated rings. The second-order valence-corrected chi connectivity index (χ2v) is 3.29. The molecule has 0 aromatic heterocycles. The summed E-state index contributed by atoms with van der Waals surface area (Å²) in [6, 6.07) is -2.92. The lowest BCUT2D eigenvalue weighted by Crippen LogP contribution is -2.56. The van der Waals surface area contributed by atoms with Gasteiger partial charge in [-0.05, 0) is 6.92 Å². The van der Waals surface area contributed by atoms with Crippen molar-refractivity contribution in [3.05, 3.63) is 0 Å². The van der Waals surface area contributed by atoms with Crippen molar-refractivity contribution in [3.8, 4) is 0 Å². The van der Waals surface area contributed by atoms with Crippen LogP contribution in [0.2, 0.25) is 0 Å². The number of hydrogen-bond acceptors (Lipinski definition) is 6. The van der Waals surface area contributed by atoms with Crippen molar-refractivity contribution >= 4 is 24.6 Å². The van der Waals surface area contributed by atoms with Gasteiger partial charge in [0, 0.05) is 0 Å². The van der Waals surface area contributed by atoms with Crippen LogP contribution in [0.1, 0.15) is 6.92 Å². The third-order valence-corrected chi connectivity index (χ3v) is 1.90. The highest BCUT2D eigenvalue weighted by Crippen LogP contribution is 1.97. The van der Waals surface area contributed by atoms with Crippen molar-refractivity contribution in [1.82, 2.24) is 5.32 Å². The van der Waals surface area contributed by atoms with Crippen LogP contribution in [0, 0.1) is 0 Å². The molecule has 3 unspecified atom stereocenters. The van der Waals surface area contributed by atoms with Gasteiger partial charge in [-0.25, -0.2) is 0 Å². The molecule has 0 saturated carbocycles. The number of nitrogens with one attached hydrogen (secondary N) is 1. The number of carbonyl (C=O) groups excluding carboxylic acids is 2. The molecule has 0 aliphatic heterocycles. The summed E-state index contributed by atoms with van der Waals surface area (Å²) in [5.74, 6) is -0.536. The number of nitrogens with two attached hydrogens (primary N) is 2. The van der Waals surface area contributed by atoms with Crippen LogP contribution in [-0.2, 0) is 9.59 Å². The first-order valence-electron chi connectivity index (χ1n) is 4.49. The van der Waals surface area contributed by atoms with E-state index in [1.165, 1.54) is 6.92 Å². The van der Waals surface area contributed by atoms with E-state index in [2.05, 4.69) is 5.32 Å². The molecule has 0 rings (SSSR count). The Balaban J connectivity index is 0. The fourth-order valence-electron chi connectivity index (χ4n) is 0.902. The van der Waals surface area contributed by atoms with E-state index in [0.717, 1.165) is 0 Å². The average molecular weight is 256 g/mol. The standard InChI is InChI=1S/C8H17N3O4.ClH/c1-4(9)8(15)11-6(3-13)7(14)5(10)2-12;/h2,4-7,13-14H,3,9-10H2,1H3,(H,11,15);1H/t4-,5?,6?,7?;/m1./s1. The number of aldehydes is 1. The maximum absolute atomic E-state index is 11.1. The Morgan fingerprint density at radius 2 is 2.00 bits per heavy atom. The first-order chi connectivity index (χ1) is 6.93. The maximum Gasteiger partial charge on any atom is 0.237 e. The summed E-state index contributed by atoms with van der Waals surface area (Å²) in [7, 11) is 0. The molecule has 0 aromatic carbocycles. The summed E-state index contributed by atoms with van der Waals surface area (Å²) >= 11 is 0. The monoisotopic (exact) mass is 255 g/mol. The fourth-order valence-corrected chi connectivity index (χ4v) is 0.902. The van der Waals surface area contributed by atoms with E-state index in [4.69, 9.17) is 16.6 Å². The van der Waals surface area contributed by atoms with Gasteiger partial charge in [0.25, 0.3) is 0 Å². The molecule has 16 heavy (non-hydrogen) atoms. The van der Waals surface area contributed by atoms with Gasteiger partial charge in [-0.2, -0.15) is 0 Å². The zero-order valence-electron chi connectivity index (χ0n) is 8.87. The maximum atomic E-state index is 11.1. The highest BCUT2D eigenvalue weighted by Gasteiger charge is 2.26. The summed E-state index contributed by atoms with van der Waals surface area (Å²) in [5, 5.41) is 20.6. The van der Waals surface area contributed by atoms with E-state index in [1.807, 2.05) is 0 Å². The molecule has 0 aliphatic carbocycles. The third-order valence-electron chi connectivity index (χ3n) is 1.90. The summed E-state index contributed by atoms with van der Waals surface area (Å²) in [5.41, 5.74) is 10.5. The summed E-state index contributed by atoms with van der Waals surface area (Å²) in [6.07, 6.45) is -0.999. The SMILES string of the molecule is C[C@@H](N)C(=O)NC(CO)C(O)C(N)C=O.Cl. The highest BCUT2D eigenvalue weighted by atomic mass is 35.5. The van der Waals surface area contributed by atoms with E-state index in [9.17, 15) is 14.7 Å². The van der Waals surface area contributed by atoms with Gasteiger partial charge in [-0.3, -0.25) is 4.79 Å². The van der Waals surface area contributed by atoms with E-state index in [1.54, 1.807) is 0 Å². The van der Waals surface area contributed by atoms with E-state index < -0.39 is 36.7 Å². The summed E-state index contributed by atoms with van der Waals surface area (Å²) in [6.45, 7) is 0.928. The Kier molecular flexibility index (Phi) is 9.30. The first kappa shape index (κ1) is 17.7. The van der Waals surface area contributed by atoms with Crippen molar-refractivity contribution < 1.29 is 19.8 Å². The Hall–Kier alpha value is -0.730. The number of halogens is 1. The van der Waals surface area contributed by atoms with Crippen LogP contribution in [0.15, 0.2) is 0 Å². The molecule has 0 radical (unpaired) electrons. The zero-order valence-corrected chi connectivity index (χ0v) is 9.68. The molecule has 0 aromatic rings. The van der Waals surface area contributed by atoms with Gasteiger partial charge in [-0.1, -0.05) is 0 Å².